The number of hydrogen-bond acceptors (Lipinski definition) is 6. The number of aromatic nitrogens is 3. The number of ether oxygens (including phenoxy) is 1. The average Bonchev–Trinajstić information content (AvgIpc) is 3.49. The molecule has 1 saturated heterocycles. The quantitative estimate of drug-likeness (QED) is 0.607. The van der Waals surface area contributed by atoms with Gasteiger partial charge in [0.05, 0.1) is 17.9 Å². The van der Waals surface area contributed by atoms with Gasteiger partial charge in [0.15, 0.2) is 6.04 Å². The van der Waals surface area contributed by atoms with E-state index >= 15 is 0 Å². The van der Waals surface area contributed by atoms with Crippen LogP contribution in [-0.4, -0.2) is 56.5 Å². The van der Waals surface area contributed by atoms with Crippen molar-refractivity contribution in [3.05, 3.63) is 48.4 Å². The number of carbonyl (C=O) groups excluding carboxylic acids is 2. The summed E-state index contributed by atoms with van der Waals surface area (Å²) >= 11 is 0. The maximum Gasteiger partial charge on any atom is 0.251 e. The molecule has 0 radical (unpaired) electrons. The highest BCUT2D eigenvalue weighted by molar-refractivity contribution is 5.89. The van der Waals surface area contributed by atoms with Crippen molar-refractivity contribution in [2.24, 2.45) is 0 Å². The van der Waals surface area contributed by atoms with Crippen molar-refractivity contribution in [2.45, 2.75) is 57.8 Å². The third-order valence-corrected chi connectivity index (χ3v) is 5.32. The van der Waals surface area contributed by atoms with Gasteiger partial charge in [0.2, 0.25) is 5.91 Å². The van der Waals surface area contributed by atoms with Gasteiger partial charge in [-0.3, -0.25) is 9.59 Å². The predicted octanol–water partition coefficient (Wildman–Crippen LogP) is 2.69. The lowest BCUT2D eigenvalue weighted by Gasteiger charge is -2.33. The number of nitrogens with zero attached hydrogens (tertiary/aromatic N) is 4. The van der Waals surface area contributed by atoms with Crippen LogP contribution in [0.15, 0.2) is 47.1 Å². The van der Waals surface area contributed by atoms with Gasteiger partial charge in [-0.05, 0) is 57.9 Å². The van der Waals surface area contributed by atoms with E-state index in [2.05, 4.69) is 15.6 Å². The molecule has 1 aromatic carbocycles. The van der Waals surface area contributed by atoms with E-state index in [0.29, 0.717) is 17.9 Å². The molecule has 4 rings (SSSR count). The summed E-state index contributed by atoms with van der Waals surface area (Å²) in [5.74, 6) is -0.162. The van der Waals surface area contributed by atoms with Crippen LogP contribution in [0.5, 0.6) is 0 Å². The SMILES string of the molecule is CC(C)(C)NC(=O)C(c1ccco1)N(CC1CCCO1)C(=O)Cn1nnc2ccccc21. The Kier molecular flexibility index (Phi) is 6.27. The molecule has 32 heavy (non-hydrogen) atoms. The Morgan fingerprint density at radius 1 is 1.25 bits per heavy atom. The van der Waals surface area contributed by atoms with Crippen LogP contribution in [0.25, 0.3) is 11.0 Å². The molecule has 170 valence electrons. The highest BCUT2D eigenvalue weighted by Crippen LogP contribution is 2.26. The molecule has 1 fully saturated rings. The number of rotatable bonds is 7. The summed E-state index contributed by atoms with van der Waals surface area (Å²) in [7, 11) is 0. The predicted molar refractivity (Wildman–Crippen MR) is 118 cm³/mol. The van der Waals surface area contributed by atoms with Crippen LogP contribution in [0.2, 0.25) is 0 Å². The fourth-order valence-electron chi connectivity index (χ4n) is 3.92. The molecule has 2 amide bonds. The van der Waals surface area contributed by atoms with E-state index in [4.69, 9.17) is 9.15 Å². The number of hydrogen-bond donors (Lipinski definition) is 1. The summed E-state index contributed by atoms with van der Waals surface area (Å²) < 4.78 is 13.0. The molecule has 2 atom stereocenters. The highest BCUT2D eigenvalue weighted by Gasteiger charge is 2.37. The molecule has 0 saturated carbocycles. The molecule has 1 aliphatic heterocycles. The smallest absolute Gasteiger partial charge is 0.251 e. The monoisotopic (exact) mass is 439 g/mol. The topological polar surface area (TPSA) is 102 Å². The Balaban J connectivity index is 1.66. The Morgan fingerprint density at radius 2 is 2.06 bits per heavy atom. The second-order valence-corrected chi connectivity index (χ2v) is 9.07. The highest BCUT2D eigenvalue weighted by atomic mass is 16.5. The van der Waals surface area contributed by atoms with Gasteiger partial charge >= 0.3 is 0 Å². The van der Waals surface area contributed by atoms with Gasteiger partial charge in [-0.1, -0.05) is 17.3 Å². The van der Waals surface area contributed by atoms with Crippen LogP contribution in [0.1, 0.15) is 45.4 Å². The van der Waals surface area contributed by atoms with Gasteiger partial charge < -0.3 is 19.4 Å². The van der Waals surface area contributed by atoms with E-state index in [1.807, 2.05) is 45.0 Å². The number of para-hydroxylation sites is 1. The van der Waals surface area contributed by atoms with Crippen molar-refractivity contribution in [3.63, 3.8) is 0 Å². The van der Waals surface area contributed by atoms with Crippen molar-refractivity contribution in [1.29, 1.82) is 0 Å². The molecule has 0 bridgehead atoms. The Bertz CT molecular complexity index is 1060. The van der Waals surface area contributed by atoms with Gasteiger partial charge in [-0.25, -0.2) is 4.68 Å². The maximum atomic E-state index is 13.6. The Hall–Kier alpha value is -3.20. The van der Waals surface area contributed by atoms with Gasteiger partial charge in [-0.2, -0.15) is 0 Å². The van der Waals surface area contributed by atoms with Crippen molar-refractivity contribution in [2.75, 3.05) is 13.2 Å². The van der Waals surface area contributed by atoms with E-state index in [-0.39, 0.29) is 31.0 Å². The minimum atomic E-state index is -0.921. The second-order valence-electron chi connectivity index (χ2n) is 9.07. The standard InChI is InChI=1S/C23H29N5O4/c1-23(2,3)24-22(30)21(19-11-7-13-32-19)27(14-16-8-6-12-31-16)20(29)15-28-18-10-5-4-9-17(18)25-26-28/h4-5,7,9-11,13,16,21H,6,8,12,14-15H2,1-3H3,(H,24,30). The number of benzene rings is 1. The first-order chi connectivity index (χ1) is 15.3. The van der Waals surface area contributed by atoms with Crippen LogP contribution in [0.4, 0.5) is 0 Å². The zero-order chi connectivity index (χ0) is 22.7. The summed E-state index contributed by atoms with van der Waals surface area (Å²) in [6.07, 6.45) is 3.14. The molecule has 1 aliphatic rings. The molecule has 3 heterocycles. The van der Waals surface area contributed by atoms with E-state index in [1.165, 1.54) is 6.26 Å². The summed E-state index contributed by atoms with van der Waals surface area (Å²) in [6.45, 7) is 6.59. The van der Waals surface area contributed by atoms with Crippen LogP contribution in [0, 0.1) is 0 Å². The lowest BCUT2D eigenvalue weighted by molar-refractivity contribution is -0.144. The fraction of sp³-hybridized carbons (Fsp3) is 0.478. The molecule has 0 spiro atoms. The first-order valence-corrected chi connectivity index (χ1v) is 10.9. The van der Waals surface area contributed by atoms with E-state index in [9.17, 15) is 9.59 Å². The zero-order valence-corrected chi connectivity index (χ0v) is 18.7. The van der Waals surface area contributed by atoms with Gasteiger partial charge in [0.1, 0.15) is 17.8 Å². The van der Waals surface area contributed by atoms with Gasteiger partial charge in [0, 0.05) is 18.7 Å². The molecule has 1 N–H and O–H groups in total. The Morgan fingerprint density at radius 3 is 2.75 bits per heavy atom. The van der Waals surface area contributed by atoms with Crippen LogP contribution in [0.3, 0.4) is 0 Å². The van der Waals surface area contributed by atoms with Crippen molar-refractivity contribution < 1.29 is 18.7 Å². The molecule has 9 heteroatoms. The second kappa shape index (κ2) is 9.12. The number of amides is 2. The Labute approximate surface area is 186 Å². The van der Waals surface area contributed by atoms with Crippen LogP contribution < -0.4 is 5.32 Å². The lowest BCUT2D eigenvalue weighted by atomic mass is 10.1. The van der Waals surface area contributed by atoms with Gasteiger partial charge in [-0.15, -0.1) is 5.10 Å². The van der Waals surface area contributed by atoms with Crippen molar-refractivity contribution in [3.8, 4) is 0 Å². The van der Waals surface area contributed by atoms with Crippen molar-refractivity contribution in [1.82, 2.24) is 25.2 Å². The summed E-state index contributed by atoms with van der Waals surface area (Å²) in [6, 6.07) is 9.96. The summed E-state index contributed by atoms with van der Waals surface area (Å²) in [5, 5.41) is 11.3. The summed E-state index contributed by atoms with van der Waals surface area (Å²) in [5.41, 5.74) is 0.994. The van der Waals surface area contributed by atoms with Crippen LogP contribution in [-0.2, 0) is 20.9 Å². The minimum absolute atomic E-state index is 0.0484. The van der Waals surface area contributed by atoms with E-state index in [1.54, 1.807) is 21.7 Å². The van der Waals surface area contributed by atoms with E-state index in [0.717, 1.165) is 18.4 Å². The zero-order valence-electron chi connectivity index (χ0n) is 18.7. The molecule has 3 aromatic rings. The van der Waals surface area contributed by atoms with Crippen LogP contribution >= 0.6 is 0 Å². The van der Waals surface area contributed by atoms with Crippen molar-refractivity contribution >= 4 is 22.8 Å². The molecular formula is C23H29N5O4. The molecule has 0 aliphatic carbocycles. The normalized spacial score (nSPS) is 17.4. The molecule has 2 aromatic heterocycles. The lowest BCUT2D eigenvalue weighted by Crippen LogP contribution is -2.51. The number of fused-ring (bicyclic) bond motifs is 1. The minimum Gasteiger partial charge on any atom is -0.467 e. The first kappa shape index (κ1) is 22.0. The maximum absolute atomic E-state index is 13.6. The number of furan rings is 1. The third-order valence-electron chi connectivity index (χ3n) is 5.32. The molecular weight excluding hydrogens is 410 g/mol. The fourth-order valence-corrected chi connectivity index (χ4v) is 3.92. The first-order valence-electron chi connectivity index (χ1n) is 10.9. The number of carbonyl (C=O) groups is 2. The average molecular weight is 440 g/mol. The number of nitrogens with one attached hydrogen (secondary N) is 1. The largest absolute Gasteiger partial charge is 0.467 e. The van der Waals surface area contributed by atoms with E-state index < -0.39 is 11.6 Å². The molecule has 9 nitrogen and oxygen atoms in total. The summed E-state index contributed by atoms with van der Waals surface area (Å²) in [4.78, 5) is 28.5. The van der Waals surface area contributed by atoms with Gasteiger partial charge in [0.25, 0.3) is 5.91 Å². The molecule has 2 unspecified atom stereocenters. The third kappa shape index (κ3) is 4.99.